The zero-order valence-electron chi connectivity index (χ0n) is 9.23. The van der Waals surface area contributed by atoms with Gasteiger partial charge in [0.2, 0.25) is 0 Å². The molecule has 0 aliphatic carbocycles. The van der Waals surface area contributed by atoms with Crippen molar-refractivity contribution in [2.24, 2.45) is 0 Å². The van der Waals surface area contributed by atoms with E-state index in [1.807, 2.05) is 0 Å². The Hall–Kier alpha value is -0.580. The van der Waals surface area contributed by atoms with Crippen molar-refractivity contribution in [1.29, 1.82) is 0 Å². The van der Waals surface area contributed by atoms with E-state index < -0.39 is 0 Å². The van der Waals surface area contributed by atoms with E-state index in [2.05, 4.69) is 22.1 Å². The zero-order valence-corrected chi connectivity index (χ0v) is 9.23. The molecule has 0 bridgehead atoms. The highest BCUT2D eigenvalue weighted by molar-refractivity contribution is 4.86. The molecule has 0 aromatic carbocycles. The van der Waals surface area contributed by atoms with Crippen molar-refractivity contribution >= 4 is 0 Å². The van der Waals surface area contributed by atoms with E-state index in [-0.39, 0.29) is 0 Å². The molecule has 0 spiro atoms. The molecule has 2 heterocycles. The summed E-state index contributed by atoms with van der Waals surface area (Å²) in [6.45, 7) is 8.71. The van der Waals surface area contributed by atoms with Gasteiger partial charge in [0.1, 0.15) is 0 Å². The fourth-order valence-electron chi connectivity index (χ4n) is 1.86. The predicted molar refractivity (Wildman–Crippen MR) is 58.8 cm³/mol. The molecule has 0 saturated carbocycles. The van der Waals surface area contributed by atoms with Gasteiger partial charge in [0.05, 0.1) is 26.4 Å². The van der Waals surface area contributed by atoms with Crippen LogP contribution in [0, 0.1) is 0 Å². The van der Waals surface area contributed by atoms with Crippen LogP contribution < -0.4 is 0 Å². The number of hydrogen-bond acceptors (Lipinski definition) is 4. The molecule has 86 valence electrons. The van der Waals surface area contributed by atoms with Crippen molar-refractivity contribution in [2.45, 2.75) is 0 Å². The number of ether oxygens (including phenoxy) is 2. The van der Waals surface area contributed by atoms with Gasteiger partial charge in [0.15, 0.2) is 0 Å². The van der Waals surface area contributed by atoms with E-state index in [9.17, 15) is 0 Å². The predicted octanol–water partition coefficient (Wildman–Crippen LogP) is 0.164. The van der Waals surface area contributed by atoms with Crippen molar-refractivity contribution in [3.05, 3.63) is 12.3 Å². The number of nitrogens with zero attached hydrogens (tertiary/aromatic N) is 2. The van der Waals surface area contributed by atoms with E-state index in [1.165, 1.54) is 0 Å². The molecular formula is C11H20N2O2. The molecule has 0 radical (unpaired) electrons. The summed E-state index contributed by atoms with van der Waals surface area (Å²) in [5.74, 6) is 0. The highest BCUT2D eigenvalue weighted by Gasteiger charge is 2.08. The van der Waals surface area contributed by atoms with Gasteiger partial charge in [-0.3, -0.25) is 4.90 Å². The Bertz CT molecular complexity index is 197. The second-order valence-electron chi connectivity index (χ2n) is 3.95. The average Bonchev–Trinajstić information content (AvgIpc) is 2.32. The quantitative estimate of drug-likeness (QED) is 0.665. The summed E-state index contributed by atoms with van der Waals surface area (Å²) in [5.41, 5.74) is 0. The molecule has 0 N–H and O–H groups in total. The summed E-state index contributed by atoms with van der Waals surface area (Å²) in [4.78, 5) is 4.74. The van der Waals surface area contributed by atoms with Gasteiger partial charge >= 0.3 is 0 Å². The highest BCUT2D eigenvalue weighted by Crippen LogP contribution is 1.99. The molecule has 0 unspecified atom stereocenters. The summed E-state index contributed by atoms with van der Waals surface area (Å²) in [5, 5.41) is 0. The smallest absolute Gasteiger partial charge is 0.0642 e. The summed E-state index contributed by atoms with van der Waals surface area (Å²) in [6.07, 6.45) is 4.45. The molecule has 0 amide bonds. The Morgan fingerprint density at radius 3 is 2.13 bits per heavy atom. The Labute approximate surface area is 91.4 Å². The maximum absolute atomic E-state index is 5.30. The van der Waals surface area contributed by atoms with Gasteiger partial charge in [-0.15, -0.1) is 0 Å². The third-order valence-electron chi connectivity index (χ3n) is 2.83. The molecule has 4 nitrogen and oxygen atoms in total. The van der Waals surface area contributed by atoms with Crippen LogP contribution >= 0.6 is 0 Å². The van der Waals surface area contributed by atoms with Crippen LogP contribution in [-0.4, -0.2) is 69.0 Å². The first-order valence-electron chi connectivity index (χ1n) is 5.74. The minimum Gasteiger partial charge on any atom is -0.379 e. The van der Waals surface area contributed by atoms with Gasteiger partial charge in [-0.1, -0.05) is 6.08 Å². The molecule has 4 heteroatoms. The Balaban J connectivity index is 1.64. The molecule has 15 heavy (non-hydrogen) atoms. The van der Waals surface area contributed by atoms with Crippen LogP contribution in [0.15, 0.2) is 12.3 Å². The fourth-order valence-corrected chi connectivity index (χ4v) is 1.86. The lowest BCUT2D eigenvalue weighted by atomic mass is 10.4. The minimum absolute atomic E-state index is 0.863. The fraction of sp³-hybridized carbons (Fsp3) is 0.818. The van der Waals surface area contributed by atoms with Crippen molar-refractivity contribution in [3.8, 4) is 0 Å². The van der Waals surface area contributed by atoms with Gasteiger partial charge in [-0.2, -0.15) is 0 Å². The van der Waals surface area contributed by atoms with Crippen LogP contribution in [-0.2, 0) is 9.47 Å². The number of hydrogen-bond donors (Lipinski definition) is 0. The van der Waals surface area contributed by atoms with Gasteiger partial charge in [-0.05, 0) is 6.20 Å². The Kier molecular flexibility index (Phi) is 4.44. The molecule has 0 aromatic rings. The zero-order chi connectivity index (χ0) is 10.3. The average molecular weight is 212 g/mol. The lowest BCUT2D eigenvalue weighted by molar-refractivity contribution is 0.0426. The number of morpholine rings is 2. The molecule has 2 fully saturated rings. The van der Waals surface area contributed by atoms with Gasteiger partial charge in [0.25, 0.3) is 0 Å². The van der Waals surface area contributed by atoms with Crippen molar-refractivity contribution in [3.63, 3.8) is 0 Å². The third-order valence-corrected chi connectivity index (χ3v) is 2.83. The van der Waals surface area contributed by atoms with Crippen LogP contribution in [0.25, 0.3) is 0 Å². The van der Waals surface area contributed by atoms with Gasteiger partial charge in [0, 0.05) is 32.7 Å². The van der Waals surface area contributed by atoms with Crippen LogP contribution in [0.1, 0.15) is 0 Å². The van der Waals surface area contributed by atoms with E-state index >= 15 is 0 Å². The molecule has 2 rings (SSSR count). The first-order chi connectivity index (χ1) is 7.45. The van der Waals surface area contributed by atoms with Gasteiger partial charge in [-0.25, -0.2) is 0 Å². The highest BCUT2D eigenvalue weighted by atomic mass is 16.5. The second-order valence-corrected chi connectivity index (χ2v) is 3.95. The standard InChI is InChI=1S/C11H20N2O2/c1(2-12-4-8-14-9-5-12)3-13-6-10-15-11-7-13/h1-2H,3-11H2. The maximum Gasteiger partial charge on any atom is 0.0642 e. The molecule has 2 aliphatic heterocycles. The van der Waals surface area contributed by atoms with Gasteiger partial charge < -0.3 is 14.4 Å². The summed E-state index contributed by atoms with van der Waals surface area (Å²) < 4.78 is 10.6. The van der Waals surface area contributed by atoms with E-state index in [1.54, 1.807) is 0 Å². The lowest BCUT2D eigenvalue weighted by Crippen LogP contribution is -2.36. The monoisotopic (exact) mass is 212 g/mol. The second kappa shape index (κ2) is 6.10. The minimum atomic E-state index is 0.863. The van der Waals surface area contributed by atoms with Crippen molar-refractivity contribution in [2.75, 3.05) is 59.2 Å². The first kappa shape index (κ1) is 10.9. The summed E-state index contributed by atoms with van der Waals surface area (Å²) in [7, 11) is 0. The van der Waals surface area contributed by atoms with E-state index in [0.717, 1.165) is 59.2 Å². The summed E-state index contributed by atoms with van der Waals surface area (Å²) in [6, 6.07) is 0. The van der Waals surface area contributed by atoms with Crippen molar-refractivity contribution < 1.29 is 9.47 Å². The maximum atomic E-state index is 5.30. The van der Waals surface area contributed by atoms with Crippen LogP contribution in [0.2, 0.25) is 0 Å². The van der Waals surface area contributed by atoms with Crippen molar-refractivity contribution in [1.82, 2.24) is 9.80 Å². The Morgan fingerprint density at radius 2 is 1.47 bits per heavy atom. The topological polar surface area (TPSA) is 24.9 Å². The normalized spacial score (nSPS) is 24.9. The van der Waals surface area contributed by atoms with Crippen LogP contribution in [0.4, 0.5) is 0 Å². The molecular weight excluding hydrogens is 192 g/mol. The van der Waals surface area contributed by atoms with Crippen LogP contribution in [0.3, 0.4) is 0 Å². The Morgan fingerprint density at radius 1 is 0.867 bits per heavy atom. The number of rotatable bonds is 3. The van der Waals surface area contributed by atoms with E-state index in [4.69, 9.17) is 9.47 Å². The first-order valence-corrected chi connectivity index (χ1v) is 5.74. The molecule has 2 saturated heterocycles. The molecule has 2 aliphatic rings. The molecule has 0 aromatic heterocycles. The molecule has 0 atom stereocenters. The third kappa shape index (κ3) is 3.81. The van der Waals surface area contributed by atoms with Crippen LogP contribution in [0.5, 0.6) is 0 Å². The van der Waals surface area contributed by atoms with E-state index in [0.29, 0.717) is 0 Å². The largest absolute Gasteiger partial charge is 0.379 e. The lowest BCUT2D eigenvalue weighted by Gasteiger charge is -2.27. The SMILES string of the molecule is C(=CN1CCOCC1)CN1CCOCC1. The summed E-state index contributed by atoms with van der Waals surface area (Å²) >= 11 is 0.